The van der Waals surface area contributed by atoms with Gasteiger partial charge in [0.1, 0.15) is 0 Å². The lowest BCUT2D eigenvalue weighted by molar-refractivity contribution is -0.119. The molecule has 5 nitrogen and oxygen atoms in total. The SMILES string of the molecule is CCN(C(=O)CN(C)C1CCS(=O)(=O)C1)c1cccc2ccccc12. The molecule has 2 aromatic rings. The molecule has 6 heteroatoms. The van der Waals surface area contributed by atoms with Crippen molar-refractivity contribution in [2.45, 2.75) is 19.4 Å². The van der Waals surface area contributed by atoms with Crippen molar-refractivity contribution < 1.29 is 13.2 Å². The molecule has 2 aromatic carbocycles. The maximum atomic E-state index is 12.9. The number of hydrogen-bond donors (Lipinski definition) is 0. The van der Waals surface area contributed by atoms with Gasteiger partial charge < -0.3 is 4.90 Å². The largest absolute Gasteiger partial charge is 0.311 e. The summed E-state index contributed by atoms with van der Waals surface area (Å²) in [5.74, 6) is 0.361. The molecule has 0 aliphatic carbocycles. The molecule has 0 aromatic heterocycles. The third-order valence-electron chi connectivity index (χ3n) is 4.89. The summed E-state index contributed by atoms with van der Waals surface area (Å²) in [5.41, 5.74) is 0.901. The average Bonchev–Trinajstić information content (AvgIpc) is 2.96. The van der Waals surface area contributed by atoms with Gasteiger partial charge in [-0.3, -0.25) is 9.69 Å². The van der Waals surface area contributed by atoms with Crippen LogP contribution in [0.25, 0.3) is 10.8 Å². The van der Waals surface area contributed by atoms with Crippen LogP contribution in [0.1, 0.15) is 13.3 Å². The van der Waals surface area contributed by atoms with E-state index in [0.717, 1.165) is 16.5 Å². The molecule has 1 saturated heterocycles. The minimum Gasteiger partial charge on any atom is -0.311 e. The smallest absolute Gasteiger partial charge is 0.241 e. The number of carbonyl (C=O) groups is 1. The molecule has 0 saturated carbocycles. The Labute approximate surface area is 149 Å². The molecule has 1 aliphatic heterocycles. The Balaban J connectivity index is 1.79. The number of likely N-dealkylation sites (N-methyl/N-ethyl adjacent to an activating group) is 2. The Morgan fingerprint density at radius 2 is 1.88 bits per heavy atom. The molecule has 0 spiro atoms. The fourth-order valence-corrected chi connectivity index (χ4v) is 5.28. The first-order valence-corrected chi connectivity index (χ1v) is 10.4. The Kier molecular flexibility index (Phi) is 5.11. The second-order valence-electron chi connectivity index (χ2n) is 6.61. The summed E-state index contributed by atoms with van der Waals surface area (Å²) in [7, 11) is -1.12. The van der Waals surface area contributed by atoms with Gasteiger partial charge in [0.2, 0.25) is 5.91 Å². The lowest BCUT2D eigenvalue weighted by atomic mass is 10.1. The molecule has 0 bridgehead atoms. The topological polar surface area (TPSA) is 57.7 Å². The standard InChI is InChI=1S/C19H24N2O3S/c1-3-21(18-10-6-8-15-7-4-5-9-17(15)18)19(22)13-20(2)16-11-12-25(23,24)14-16/h4-10,16H,3,11-14H2,1-2H3. The van der Waals surface area contributed by atoms with Crippen LogP contribution in [-0.2, 0) is 14.6 Å². The van der Waals surface area contributed by atoms with E-state index < -0.39 is 9.84 Å². The van der Waals surface area contributed by atoms with E-state index in [1.54, 1.807) is 4.90 Å². The van der Waals surface area contributed by atoms with Gasteiger partial charge in [-0.25, -0.2) is 8.42 Å². The normalized spacial score (nSPS) is 19.4. The van der Waals surface area contributed by atoms with Gasteiger partial charge in [0.15, 0.2) is 9.84 Å². The van der Waals surface area contributed by atoms with Gasteiger partial charge in [0.25, 0.3) is 0 Å². The van der Waals surface area contributed by atoms with Crippen LogP contribution in [0.15, 0.2) is 42.5 Å². The van der Waals surface area contributed by atoms with Crippen LogP contribution in [0, 0.1) is 0 Å². The summed E-state index contributed by atoms with van der Waals surface area (Å²) in [5, 5.41) is 2.15. The van der Waals surface area contributed by atoms with Gasteiger partial charge in [0.05, 0.1) is 23.7 Å². The van der Waals surface area contributed by atoms with Crippen LogP contribution < -0.4 is 4.90 Å². The molecule has 3 rings (SSSR count). The van der Waals surface area contributed by atoms with Crippen molar-refractivity contribution in [2.75, 3.05) is 36.5 Å². The van der Waals surface area contributed by atoms with Crippen LogP contribution in [0.5, 0.6) is 0 Å². The van der Waals surface area contributed by atoms with Crippen molar-refractivity contribution in [3.05, 3.63) is 42.5 Å². The quantitative estimate of drug-likeness (QED) is 0.821. The molecule has 0 N–H and O–H groups in total. The van der Waals surface area contributed by atoms with E-state index in [9.17, 15) is 13.2 Å². The van der Waals surface area contributed by atoms with Gasteiger partial charge in [-0.1, -0.05) is 36.4 Å². The number of amides is 1. The summed E-state index contributed by atoms with van der Waals surface area (Å²) < 4.78 is 23.3. The first kappa shape index (κ1) is 17.9. The van der Waals surface area contributed by atoms with Gasteiger partial charge in [-0.05, 0) is 31.8 Å². The Hall–Kier alpha value is -1.92. The predicted molar refractivity (Wildman–Crippen MR) is 102 cm³/mol. The fraction of sp³-hybridized carbons (Fsp3) is 0.421. The van der Waals surface area contributed by atoms with Crippen LogP contribution in [0.4, 0.5) is 5.69 Å². The molecule has 0 radical (unpaired) electrons. The number of nitrogens with zero attached hydrogens (tertiary/aromatic N) is 2. The van der Waals surface area contributed by atoms with E-state index in [2.05, 4.69) is 0 Å². The second-order valence-corrected chi connectivity index (χ2v) is 8.84. The first-order chi connectivity index (χ1) is 11.9. The first-order valence-electron chi connectivity index (χ1n) is 8.60. The highest BCUT2D eigenvalue weighted by molar-refractivity contribution is 7.91. The summed E-state index contributed by atoms with van der Waals surface area (Å²) >= 11 is 0. The predicted octanol–water partition coefficient (Wildman–Crippen LogP) is 2.31. The van der Waals surface area contributed by atoms with E-state index in [1.807, 2.05) is 61.3 Å². The van der Waals surface area contributed by atoms with Crippen LogP contribution in [0.2, 0.25) is 0 Å². The summed E-state index contributed by atoms with van der Waals surface area (Å²) in [6.07, 6.45) is 0.604. The lowest BCUT2D eigenvalue weighted by Crippen LogP contribution is -2.43. The summed E-state index contributed by atoms with van der Waals surface area (Å²) in [6.45, 7) is 2.75. The number of sulfone groups is 1. The minimum atomic E-state index is -2.95. The fourth-order valence-electron chi connectivity index (χ4n) is 3.48. The molecule has 134 valence electrons. The van der Waals surface area contributed by atoms with E-state index in [0.29, 0.717) is 13.0 Å². The van der Waals surface area contributed by atoms with Gasteiger partial charge in [0, 0.05) is 18.0 Å². The van der Waals surface area contributed by atoms with Crippen LogP contribution >= 0.6 is 0 Å². The lowest BCUT2D eigenvalue weighted by Gasteiger charge is -2.28. The molecule has 1 fully saturated rings. The van der Waals surface area contributed by atoms with Crippen molar-refractivity contribution in [2.24, 2.45) is 0 Å². The van der Waals surface area contributed by atoms with E-state index in [-0.39, 0.29) is 30.0 Å². The van der Waals surface area contributed by atoms with E-state index in [4.69, 9.17) is 0 Å². The Morgan fingerprint density at radius 1 is 1.16 bits per heavy atom. The van der Waals surface area contributed by atoms with E-state index >= 15 is 0 Å². The monoisotopic (exact) mass is 360 g/mol. The molecule has 1 heterocycles. The highest BCUT2D eigenvalue weighted by Crippen LogP contribution is 2.27. The zero-order valence-electron chi connectivity index (χ0n) is 14.7. The molecule has 25 heavy (non-hydrogen) atoms. The van der Waals surface area contributed by atoms with E-state index in [1.165, 1.54) is 0 Å². The average molecular weight is 360 g/mol. The zero-order chi connectivity index (χ0) is 18.0. The molecule has 1 unspecified atom stereocenters. The van der Waals surface area contributed by atoms with Crippen molar-refractivity contribution in [1.29, 1.82) is 0 Å². The van der Waals surface area contributed by atoms with Gasteiger partial charge >= 0.3 is 0 Å². The third kappa shape index (κ3) is 3.85. The van der Waals surface area contributed by atoms with Crippen molar-refractivity contribution in [1.82, 2.24) is 4.90 Å². The number of carbonyl (C=O) groups excluding carboxylic acids is 1. The van der Waals surface area contributed by atoms with Crippen LogP contribution in [-0.4, -0.2) is 56.9 Å². The number of rotatable bonds is 5. The molecule has 1 amide bonds. The van der Waals surface area contributed by atoms with Crippen LogP contribution in [0.3, 0.4) is 0 Å². The number of anilines is 1. The van der Waals surface area contributed by atoms with Crippen molar-refractivity contribution in [3.8, 4) is 0 Å². The van der Waals surface area contributed by atoms with Gasteiger partial charge in [-0.15, -0.1) is 0 Å². The zero-order valence-corrected chi connectivity index (χ0v) is 15.5. The maximum Gasteiger partial charge on any atom is 0.241 e. The Bertz CT molecular complexity index is 874. The maximum absolute atomic E-state index is 12.9. The Morgan fingerprint density at radius 3 is 2.56 bits per heavy atom. The molecule has 1 atom stereocenters. The molecular formula is C19H24N2O3S. The minimum absolute atomic E-state index is 0.00866. The number of benzene rings is 2. The highest BCUT2D eigenvalue weighted by atomic mass is 32.2. The highest BCUT2D eigenvalue weighted by Gasteiger charge is 2.32. The van der Waals surface area contributed by atoms with Crippen molar-refractivity contribution in [3.63, 3.8) is 0 Å². The third-order valence-corrected chi connectivity index (χ3v) is 6.64. The molecule has 1 aliphatic rings. The summed E-state index contributed by atoms with van der Waals surface area (Å²) in [4.78, 5) is 16.5. The summed E-state index contributed by atoms with van der Waals surface area (Å²) in [6, 6.07) is 13.9. The van der Waals surface area contributed by atoms with Gasteiger partial charge in [-0.2, -0.15) is 0 Å². The number of fused-ring (bicyclic) bond motifs is 1. The second kappa shape index (κ2) is 7.14. The number of hydrogen-bond acceptors (Lipinski definition) is 4. The van der Waals surface area contributed by atoms with Crippen molar-refractivity contribution >= 4 is 32.2 Å². The molecular weight excluding hydrogens is 336 g/mol.